The number of carbonyl (C=O) groups excluding carboxylic acids is 1. The summed E-state index contributed by atoms with van der Waals surface area (Å²) in [6.45, 7) is 9.62. The van der Waals surface area contributed by atoms with E-state index < -0.39 is 0 Å². The molecule has 0 spiro atoms. The van der Waals surface area contributed by atoms with E-state index in [0.29, 0.717) is 6.54 Å². The molecule has 1 atom stereocenters. The molecule has 0 saturated heterocycles. The lowest BCUT2D eigenvalue weighted by atomic mass is 10.0. The second-order valence-corrected chi connectivity index (χ2v) is 4.92. The van der Waals surface area contributed by atoms with Gasteiger partial charge in [-0.25, -0.2) is 0 Å². The minimum absolute atomic E-state index is 0.191. The molecule has 0 aliphatic carbocycles. The second-order valence-electron chi connectivity index (χ2n) is 4.92. The van der Waals surface area contributed by atoms with Crippen LogP contribution in [0.1, 0.15) is 39.1 Å². The van der Waals surface area contributed by atoms with E-state index >= 15 is 0 Å². The van der Waals surface area contributed by atoms with Crippen LogP contribution >= 0.6 is 0 Å². The number of hydrogen-bond donors (Lipinski definition) is 1. The summed E-state index contributed by atoms with van der Waals surface area (Å²) in [6.07, 6.45) is 0.921. The van der Waals surface area contributed by atoms with Crippen molar-refractivity contribution >= 4 is 5.97 Å². The molecule has 0 amide bonds. The fraction of sp³-hybridized carbons (Fsp3) is 0.714. The van der Waals surface area contributed by atoms with Crippen LogP contribution in [0, 0.1) is 5.92 Å². The minimum atomic E-state index is -0.282. The zero-order valence-corrected chi connectivity index (χ0v) is 12.6. The number of nitrogens with zero attached hydrogens (tertiary/aromatic N) is 2. The van der Waals surface area contributed by atoms with Gasteiger partial charge in [0, 0.05) is 13.1 Å². The van der Waals surface area contributed by atoms with Gasteiger partial charge in [-0.3, -0.25) is 14.8 Å². The largest absolute Gasteiger partial charge is 0.468 e. The van der Waals surface area contributed by atoms with Gasteiger partial charge in [-0.1, -0.05) is 20.8 Å². The van der Waals surface area contributed by atoms with Crippen molar-refractivity contribution < 1.29 is 9.53 Å². The van der Waals surface area contributed by atoms with Crippen LogP contribution in [0.5, 0.6) is 0 Å². The molecule has 1 N–H and O–H groups in total. The van der Waals surface area contributed by atoms with Crippen molar-refractivity contribution in [2.45, 2.75) is 53.2 Å². The Hall–Kier alpha value is -1.36. The molecule has 0 saturated carbocycles. The summed E-state index contributed by atoms with van der Waals surface area (Å²) in [5.74, 6) is -0.0237. The minimum Gasteiger partial charge on any atom is -0.468 e. The standard InChI is InChI=1S/C14H25N3O2/c1-6-11-8-12(17(7-2)16-11)9-15-13(10(3)4)14(18)19-5/h8,10,13,15H,6-7,9H2,1-5H3. The molecule has 1 heterocycles. The van der Waals surface area contributed by atoms with Gasteiger partial charge in [0.2, 0.25) is 0 Å². The van der Waals surface area contributed by atoms with Crippen LogP contribution in [-0.2, 0) is 29.0 Å². The Bertz CT molecular complexity index is 413. The summed E-state index contributed by atoms with van der Waals surface area (Å²) in [4.78, 5) is 11.7. The average molecular weight is 267 g/mol. The first kappa shape index (κ1) is 15.7. The third kappa shape index (κ3) is 4.06. The lowest BCUT2D eigenvalue weighted by Crippen LogP contribution is -2.41. The fourth-order valence-corrected chi connectivity index (χ4v) is 2.04. The number of methoxy groups -OCH3 is 1. The SMILES string of the molecule is CCc1cc(CNC(C(=O)OC)C(C)C)n(CC)n1. The van der Waals surface area contributed by atoms with Gasteiger partial charge in [0.1, 0.15) is 6.04 Å². The fourth-order valence-electron chi connectivity index (χ4n) is 2.04. The van der Waals surface area contributed by atoms with Gasteiger partial charge in [-0.2, -0.15) is 5.10 Å². The predicted octanol–water partition coefficient (Wildman–Crippen LogP) is 1.75. The van der Waals surface area contributed by atoms with E-state index in [4.69, 9.17) is 4.74 Å². The van der Waals surface area contributed by atoms with E-state index in [1.807, 2.05) is 18.5 Å². The van der Waals surface area contributed by atoms with E-state index in [1.54, 1.807) is 0 Å². The van der Waals surface area contributed by atoms with Gasteiger partial charge in [-0.15, -0.1) is 0 Å². The van der Waals surface area contributed by atoms with Crippen molar-refractivity contribution in [2.24, 2.45) is 5.92 Å². The Balaban J connectivity index is 2.73. The summed E-state index contributed by atoms with van der Waals surface area (Å²) >= 11 is 0. The molecule has 5 nitrogen and oxygen atoms in total. The van der Waals surface area contributed by atoms with Crippen molar-refractivity contribution in [1.82, 2.24) is 15.1 Å². The van der Waals surface area contributed by atoms with Gasteiger partial charge in [0.05, 0.1) is 18.5 Å². The monoisotopic (exact) mass is 267 g/mol. The molecule has 0 aliphatic heterocycles. The summed E-state index contributed by atoms with van der Waals surface area (Å²) in [7, 11) is 1.42. The molecule has 0 fully saturated rings. The maximum atomic E-state index is 11.7. The van der Waals surface area contributed by atoms with Crippen molar-refractivity contribution in [1.29, 1.82) is 0 Å². The van der Waals surface area contributed by atoms with Crippen LogP contribution in [-0.4, -0.2) is 28.9 Å². The van der Waals surface area contributed by atoms with Gasteiger partial charge in [-0.05, 0) is 25.3 Å². The number of aryl methyl sites for hydroxylation is 2. The van der Waals surface area contributed by atoms with Crippen LogP contribution < -0.4 is 5.32 Å². The van der Waals surface area contributed by atoms with E-state index in [9.17, 15) is 4.79 Å². The maximum Gasteiger partial charge on any atom is 0.323 e. The first-order valence-electron chi connectivity index (χ1n) is 6.90. The van der Waals surface area contributed by atoms with Crippen LogP contribution in [0.3, 0.4) is 0 Å². The highest BCUT2D eigenvalue weighted by Crippen LogP contribution is 2.08. The Labute approximate surface area is 115 Å². The maximum absolute atomic E-state index is 11.7. The van der Waals surface area contributed by atoms with Gasteiger partial charge >= 0.3 is 5.97 Å². The number of hydrogen-bond acceptors (Lipinski definition) is 4. The Kier molecular flexibility index (Phi) is 6.02. The normalized spacial score (nSPS) is 12.7. The summed E-state index contributed by atoms with van der Waals surface area (Å²) in [5, 5.41) is 7.76. The highest BCUT2D eigenvalue weighted by Gasteiger charge is 2.22. The third-order valence-electron chi connectivity index (χ3n) is 3.20. The van der Waals surface area contributed by atoms with Crippen molar-refractivity contribution in [2.75, 3.05) is 7.11 Å². The molecule has 19 heavy (non-hydrogen) atoms. The second kappa shape index (κ2) is 7.28. The summed E-state index contributed by atoms with van der Waals surface area (Å²) < 4.78 is 6.79. The van der Waals surface area contributed by atoms with E-state index in [1.165, 1.54) is 7.11 Å². The molecule has 1 rings (SSSR count). The zero-order chi connectivity index (χ0) is 14.4. The molecule has 1 aromatic rings. The zero-order valence-electron chi connectivity index (χ0n) is 12.6. The van der Waals surface area contributed by atoms with Crippen molar-refractivity contribution in [3.63, 3.8) is 0 Å². The molecule has 5 heteroatoms. The van der Waals surface area contributed by atoms with Crippen LogP contribution in [0.15, 0.2) is 6.07 Å². The molecule has 1 unspecified atom stereocenters. The number of carbonyl (C=O) groups is 1. The Morgan fingerprint density at radius 3 is 2.63 bits per heavy atom. The molecule has 108 valence electrons. The molecular weight excluding hydrogens is 242 g/mol. The molecular formula is C14H25N3O2. The highest BCUT2D eigenvalue weighted by molar-refractivity contribution is 5.75. The predicted molar refractivity (Wildman–Crippen MR) is 74.8 cm³/mol. The van der Waals surface area contributed by atoms with Gasteiger partial charge < -0.3 is 4.74 Å². The smallest absolute Gasteiger partial charge is 0.323 e. The number of rotatable bonds is 7. The average Bonchev–Trinajstić information content (AvgIpc) is 2.80. The van der Waals surface area contributed by atoms with Gasteiger partial charge in [0.25, 0.3) is 0 Å². The van der Waals surface area contributed by atoms with Crippen molar-refractivity contribution in [3.8, 4) is 0 Å². The topological polar surface area (TPSA) is 56.1 Å². The molecule has 1 aromatic heterocycles. The summed E-state index contributed by atoms with van der Waals surface area (Å²) in [5.41, 5.74) is 2.19. The van der Waals surface area contributed by atoms with E-state index in [2.05, 4.69) is 30.3 Å². The van der Waals surface area contributed by atoms with E-state index in [-0.39, 0.29) is 17.9 Å². The molecule has 0 radical (unpaired) electrons. The first-order chi connectivity index (χ1) is 9.03. The van der Waals surface area contributed by atoms with Crippen LogP contribution in [0.25, 0.3) is 0 Å². The molecule has 0 bridgehead atoms. The lowest BCUT2D eigenvalue weighted by molar-refractivity contribution is -0.144. The molecule has 0 aromatic carbocycles. The number of aromatic nitrogens is 2. The summed E-state index contributed by atoms with van der Waals surface area (Å²) in [6, 6.07) is 1.81. The number of esters is 1. The Morgan fingerprint density at radius 2 is 2.16 bits per heavy atom. The quantitative estimate of drug-likeness (QED) is 0.765. The third-order valence-corrected chi connectivity index (χ3v) is 3.20. The number of ether oxygens (including phenoxy) is 1. The highest BCUT2D eigenvalue weighted by atomic mass is 16.5. The number of nitrogens with one attached hydrogen (secondary N) is 1. The van der Waals surface area contributed by atoms with Crippen molar-refractivity contribution in [3.05, 3.63) is 17.5 Å². The molecule has 0 aliphatic rings. The van der Waals surface area contributed by atoms with Gasteiger partial charge in [0.15, 0.2) is 0 Å². The van der Waals surface area contributed by atoms with Crippen LogP contribution in [0.4, 0.5) is 0 Å². The van der Waals surface area contributed by atoms with Crippen LogP contribution in [0.2, 0.25) is 0 Å². The Morgan fingerprint density at radius 1 is 1.47 bits per heavy atom. The van der Waals surface area contributed by atoms with E-state index in [0.717, 1.165) is 24.4 Å². The first-order valence-corrected chi connectivity index (χ1v) is 6.90. The lowest BCUT2D eigenvalue weighted by Gasteiger charge is -2.19.